The van der Waals surface area contributed by atoms with Crippen molar-refractivity contribution in [3.05, 3.63) is 61.1 Å². The van der Waals surface area contributed by atoms with Crippen LogP contribution >= 0.6 is 0 Å². The van der Waals surface area contributed by atoms with Crippen LogP contribution in [0.25, 0.3) is 40.0 Å². The van der Waals surface area contributed by atoms with Gasteiger partial charge < -0.3 is 4.57 Å². The minimum Gasteiger partial charge on any atom is -0.333 e. The predicted molar refractivity (Wildman–Crippen MR) is 113 cm³/mol. The summed E-state index contributed by atoms with van der Waals surface area (Å²) in [5.74, 6) is 0. The van der Waals surface area contributed by atoms with E-state index in [4.69, 9.17) is 0 Å². The highest BCUT2D eigenvalue weighted by Gasteiger charge is 2.17. The van der Waals surface area contributed by atoms with Crippen LogP contribution in [0.1, 0.15) is 5.56 Å². The van der Waals surface area contributed by atoms with Crippen molar-refractivity contribution >= 4 is 20.9 Å². The van der Waals surface area contributed by atoms with Crippen LogP contribution in [0.5, 0.6) is 0 Å². The molecule has 0 bridgehead atoms. The van der Waals surface area contributed by atoms with Crippen molar-refractivity contribution in [2.75, 3.05) is 0 Å². The van der Waals surface area contributed by atoms with Crippen molar-refractivity contribution in [1.29, 1.82) is 0 Å². The third-order valence-electron chi connectivity index (χ3n) is 4.70. The fourth-order valence-electron chi connectivity index (χ4n) is 3.27. The van der Waals surface area contributed by atoms with Gasteiger partial charge in [-0.15, -0.1) is 5.10 Å². The van der Waals surface area contributed by atoms with E-state index >= 15 is 0 Å². The van der Waals surface area contributed by atoms with Gasteiger partial charge in [-0.05, 0) is 17.7 Å². The third kappa shape index (κ3) is 3.09. The monoisotopic (exact) mass is 384 g/mol. The molecular formula is C21H20N6Si. The quantitative estimate of drug-likeness (QED) is 0.496. The van der Waals surface area contributed by atoms with Gasteiger partial charge in [-0.25, -0.2) is 4.98 Å². The summed E-state index contributed by atoms with van der Waals surface area (Å²) in [7, 11) is 4.53. The SMILES string of the molecule is C=Cc1ccc(-c2c(-c3cc(-c4nnn(C)c4[Si]C)ccn3)ncn2C)cc1. The maximum atomic E-state index is 4.63. The van der Waals surface area contributed by atoms with Crippen molar-refractivity contribution in [2.24, 2.45) is 14.1 Å². The van der Waals surface area contributed by atoms with E-state index in [1.807, 2.05) is 47.9 Å². The van der Waals surface area contributed by atoms with Gasteiger partial charge in [0.1, 0.15) is 20.9 Å². The Kier molecular flexibility index (Phi) is 4.75. The molecule has 6 nitrogen and oxygen atoms in total. The molecule has 0 aliphatic carbocycles. The van der Waals surface area contributed by atoms with E-state index in [0.717, 1.165) is 44.8 Å². The second-order valence-electron chi connectivity index (χ2n) is 6.47. The summed E-state index contributed by atoms with van der Waals surface area (Å²) in [6.07, 6.45) is 5.47. The molecule has 138 valence electrons. The summed E-state index contributed by atoms with van der Waals surface area (Å²) in [6.45, 7) is 5.95. The zero-order valence-electron chi connectivity index (χ0n) is 16.1. The zero-order chi connectivity index (χ0) is 19.7. The molecule has 0 aliphatic rings. The van der Waals surface area contributed by atoms with E-state index in [9.17, 15) is 0 Å². The minimum atomic E-state index is 0.609. The summed E-state index contributed by atoms with van der Waals surface area (Å²) in [6, 6.07) is 12.3. The predicted octanol–water partition coefficient (Wildman–Crippen LogP) is 2.97. The van der Waals surface area contributed by atoms with Crippen molar-refractivity contribution < 1.29 is 0 Å². The van der Waals surface area contributed by atoms with E-state index < -0.39 is 0 Å². The lowest BCUT2D eigenvalue weighted by molar-refractivity contribution is 0.729. The Labute approximate surface area is 166 Å². The first kappa shape index (κ1) is 18.1. The lowest BCUT2D eigenvalue weighted by Gasteiger charge is -2.08. The molecule has 0 saturated heterocycles. The zero-order valence-corrected chi connectivity index (χ0v) is 17.1. The Morgan fingerprint density at radius 1 is 1.00 bits per heavy atom. The molecule has 3 aromatic heterocycles. The summed E-state index contributed by atoms with van der Waals surface area (Å²) in [4.78, 5) is 9.21. The number of nitrogens with zero attached hydrogens (tertiary/aromatic N) is 6. The van der Waals surface area contributed by atoms with Gasteiger partial charge in [0, 0.05) is 36.7 Å². The smallest absolute Gasteiger partial charge is 0.115 e. The Bertz CT molecular complexity index is 1140. The molecular weight excluding hydrogens is 364 g/mol. The van der Waals surface area contributed by atoms with Crippen molar-refractivity contribution in [3.63, 3.8) is 0 Å². The van der Waals surface area contributed by atoms with Crippen LogP contribution in [0, 0.1) is 0 Å². The number of hydrogen-bond acceptors (Lipinski definition) is 4. The molecule has 28 heavy (non-hydrogen) atoms. The number of benzene rings is 1. The Balaban J connectivity index is 1.81. The summed E-state index contributed by atoms with van der Waals surface area (Å²) >= 11 is 0. The summed E-state index contributed by atoms with van der Waals surface area (Å²) < 4.78 is 3.86. The highest BCUT2D eigenvalue weighted by Crippen LogP contribution is 2.31. The van der Waals surface area contributed by atoms with Crippen molar-refractivity contribution in [1.82, 2.24) is 29.5 Å². The molecule has 0 amide bonds. The minimum absolute atomic E-state index is 0.609. The average molecular weight is 385 g/mol. The number of aryl methyl sites for hydroxylation is 2. The van der Waals surface area contributed by atoms with Gasteiger partial charge in [0.15, 0.2) is 0 Å². The molecule has 0 N–H and O–H groups in total. The molecule has 2 radical (unpaired) electrons. The van der Waals surface area contributed by atoms with Gasteiger partial charge in [0.25, 0.3) is 0 Å². The van der Waals surface area contributed by atoms with E-state index in [2.05, 4.69) is 57.7 Å². The number of imidazole rings is 1. The largest absolute Gasteiger partial charge is 0.333 e. The van der Waals surface area contributed by atoms with E-state index in [1.54, 1.807) is 6.20 Å². The summed E-state index contributed by atoms with van der Waals surface area (Å²) in [5, 5.41) is 9.65. The standard InChI is InChI=1S/C21H20N6Si/c1-5-14-6-8-15(9-7-14)20-19(23-13-26(20)2)17-12-16(10-11-22-17)18-21(28-4)27(3)25-24-18/h5-13H,1H2,2-4H3. The molecule has 0 atom stereocenters. The van der Waals surface area contributed by atoms with Crippen molar-refractivity contribution in [2.45, 2.75) is 6.55 Å². The fraction of sp³-hybridized carbons (Fsp3) is 0.143. The Hall–Kier alpha value is -3.32. The number of rotatable bonds is 5. The molecule has 0 saturated carbocycles. The molecule has 3 heterocycles. The second kappa shape index (κ2) is 7.36. The van der Waals surface area contributed by atoms with Crippen LogP contribution in [0.3, 0.4) is 0 Å². The van der Waals surface area contributed by atoms with Crippen molar-refractivity contribution in [3.8, 4) is 33.9 Å². The maximum absolute atomic E-state index is 4.63. The van der Waals surface area contributed by atoms with E-state index in [1.165, 1.54) is 0 Å². The van der Waals surface area contributed by atoms with Crippen LogP contribution in [0.2, 0.25) is 6.55 Å². The average Bonchev–Trinajstić information content (AvgIpc) is 3.30. The third-order valence-corrected chi connectivity index (χ3v) is 5.73. The van der Waals surface area contributed by atoms with Crippen LogP contribution in [0.15, 0.2) is 55.5 Å². The maximum Gasteiger partial charge on any atom is 0.115 e. The normalized spacial score (nSPS) is 11.0. The molecule has 0 fully saturated rings. The van der Waals surface area contributed by atoms with Gasteiger partial charge in [0.2, 0.25) is 0 Å². The second-order valence-corrected chi connectivity index (χ2v) is 7.44. The molecule has 0 aliphatic heterocycles. The van der Waals surface area contributed by atoms with Crippen LogP contribution in [-0.4, -0.2) is 39.0 Å². The lowest BCUT2D eigenvalue weighted by atomic mass is 10.0. The number of hydrogen-bond donors (Lipinski definition) is 0. The first-order valence-electron chi connectivity index (χ1n) is 8.90. The van der Waals surface area contributed by atoms with Crippen LogP contribution < -0.4 is 5.32 Å². The van der Waals surface area contributed by atoms with Crippen LogP contribution in [0.4, 0.5) is 0 Å². The van der Waals surface area contributed by atoms with Gasteiger partial charge in [-0.2, -0.15) is 0 Å². The van der Waals surface area contributed by atoms with Crippen LogP contribution in [-0.2, 0) is 14.1 Å². The lowest BCUT2D eigenvalue weighted by Crippen LogP contribution is -2.22. The molecule has 4 rings (SSSR count). The van der Waals surface area contributed by atoms with E-state index in [0.29, 0.717) is 9.52 Å². The summed E-state index contributed by atoms with van der Waals surface area (Å²) in [5.41, 5.74) is 6.76. The fourth-order valence-corrected chi connectivity index (χ4v) is 4.07. The number of pyridine rings is 1. The highest BCUT2D eigenvalue weighted by molar-refractivity contribution is 6.52. The molecule has 1 aromatic carbocycles. The van der Waals surface area contributed by atoms with Gasteiger partial charge >= 0.3 is 0 Å². The molecule has 0 unspecified atom stereocenters. The Morgan fingerprint density at radius 3 is 2.50 bits per heavy atom. The molecule has 0 spiro atoms. The molecule has 4 aromatic rings. The van der Waals surface area contributed by atoms with Gasteiger partial charge in [0.05, 0.1) is 17.7 Å². The topological polar surface area (TPSA) is 61.4 Å². The van der Waals surface area contributed by atoms with Gasteiger partial charge in [-0.1, -0.05) is 48.7 Å². The van der Waals surface area contributed by atoms with E-state index in [-0.39, 0.29) is 0 Å². The van der Waals surface area contributed by atoms with Gasteiger partial charge in [-0.3, -0.25) is 9.67 Å². The first-order chi connectivity index (χ1) is 13.6. The number of aromatic nitrogens is 6. The molecule has 7 heteroatoms. The Morgan fingerprint density at radius 2 is 1.79 bits per heavy atom. The first-order valence-corrected chi connectivity index (χ1v) is 10.4. The highest BCUT2D eigenvalue weighted by atomic mass is 28.2.